The van der Waals surface area contributed by atoms with Gasteiger partial charge in [-0.15, -0.1) is 0 Å². The first-order chi connectivity index (χ1) is 14.6. The minimum absolute atomic E-state index is 0.245. The van der Waals surface area contributed by atoms with Crippen LogP contribution < -0.4 is 0 Å². The first kappa shape index (κ1) is 27.8. The summed E-state index contributed by atoms with van der Waals surface area (Å²) in [5, 5.41) is 96.9. The smallest absolute Gasteiger partial charge is 0.111 e. The highest BCUT2D eigenvalue weighted by molar-refractivity contribution is 5.14. The SMILES string of the molecule is OC[C@@H](O)[C@@H](O)[C@H](O)[C@@H](O)CN(CCc1ccccc1)C[C@H](O)[C@@H](O)[C@H](O)[C@H](O)CO. The number of aliphatic hydroxyl groups excluding tert-OH is 10. The zero-order valence-electron chi connectivity index (χ0n) is 17.2. The number of nitrogens with zero attached hydrogens (tertiary/aromatic N) is 1. The maximum Gasteiger partial charge on any atom is 0.111 e. The molecule has 0 radical (unpaired) electrons. The maximum absolute atomic E-state index is 10.3. The van der Waals surface area contributed by atoms with Crippen LogP contribution in [0.3, 0.4) is 0 Å². The average Bonchev–Trinajstić information content (AvgIpc) is 2.79. The van der Waals surface area contributed by atoms with Gasteiger partial charge in [0.2, 0.25) is 0 Å². The summed E-state index contributed by atoms with van der Waals surface area (Å²) in [6.45, 7) is -1.97. The van der Waals surface area contributed by atoms with Crippen molar-refractivity contribution in [2.24, 2.45) is 0 Å². The van der Waals surface area contributed by atoms with Crippen LogP contribution in [0.15, 0.2) is 30.3 Å². The molecule has 0 aliphatic carbocycles. The van der Waals surface area contributed by atoms with Crippen LogP contribution in [0.5, 0.6) is 0 Å². The third-order valence-corrected chi connectivity index (χ3v) is 5.10. The van der Waals surface area contributed by atoms with Crippen LogP contribution in [0.4, 0.5) is 0 Å². The van der Waals surface area contributed by atoms with Gasteiger partial charge in [0.15, 0.2) is 0 Å². The molecular weight excluding hydrogens is 414 g/mol. The zero-order chi connectivity index (χ0) is 23.6. The number of hydrogen-bond acceptors (Lipinski definition) is 11. The van der Waals surface area contributed by atoms with Gasteiger partial charge in [-0.25, -0.2) is 0 Å². The van der Waals surface area contributed by atoms with E-state index < -0.39 is 62.0 Å². The lowest BCUT2D eigenvalue weighted by molar-refractivity contribution is -0.130. The molecule has 1 rings (SSSR count). The predicted octanol–water partition coefficient (Wildman–Crippen LogP) is -4.60. The highest BCUT2D eigenvalue weighted by Gasteiger charge is 2.34. The lowest BCUT2D eigenvalue weighted by atomic mass is 10.0. The molecule has 1 aromatic rings. The van der Waals surface area contributed by atoms with Gasteiger partial charge in [0.05, 0.1) is 25.4 Å². The highest BCUT2D eigenvalue weighted by Crippen LogP contribution is 2.12. The highest BCUT2D eigenvalue weighted by atomic mass is 16.4. The fourth-order valence-corrected chi connectivity index (χ4v) is 3.06. The molecule has 180 valence electrons. The molecule has 11 nitrogen and oxygen atoms in total. The summed E-state index contributed by atoms with van der Waals surface area (Å²) >= 11 is 0. The fourth-order valence-electron chi connectivity index (χ4n) is 3.06. The topological polar surface area (TPSA) is 206 Å². The molecule has 10 N–H and O–H groups in total. The van der Waals surface area contributed by atoms with Gasteiger partial charge in [-0.1, -0.05) is 30.3 Å². The fraction of sp³-hybridized carbons (Fsp3) is 0.700. The molecule has 0 unspecified atom stereocenters. The quantitative estimate of drug-likeness (QED) is 0.123. The van der Waals surface area contributed by atoms with E-state index in [1.54, 1.807) is 0 Å². The molecule has 0 fully saturated rings. The molecule has 31 heavy (non-hydrogen) atoms. The molecular formula is C20H35NO10. The van der Waals surface area contributed by atoms with Gasteiger partial charge < -0.3 is 51.1 Å². The molecule has 0 aliphatic rings. The standard InChI is InChI=1S/C20H35NO10/c22-10-15(26)19(30)17(28)13(24)8-21(7-6-12-4-2-1-3-5-12)9-14(25)18(29)20(31)16(27)11-23/h1-5,13-20,22-31H,6-11H2/t13-,14-,15+,16+,17+,18+,19+,20+/m0/s1. The first-order valence-electron chi connectivity index (χ1n) is 10.0. The van der Waals surface area contributed by atoms with E-state index in [9.17, 15) is 40.9 Å². The molecule has 0 heterocycles. The Morgan fingerprint density at radius 3 is 1.35 bits per heavy atom. The Bertz CT molecular complexity index is 565. The molecule has 0 amide bonds. The summed E-state index contributed by atoms with van der Waals surface area (Å²) in [6.07, 6.45) is -13.2. The number of benzene rings is 1. The molecule has 0 spiro atoms. The Morgan fingerprint density at radius 1 is 0.581 bits per heavy atom. The third kappa shape index (κ3) is 9.04. The molecule has 11 heteroatoms. The van der Waals surface area contributed by atoms with Gasteiger partial charge in [-0.05, 0) is 12.0 Å². The van der Waals surface area contributed by atoms with E-state index in [1.165, 1.54) is 4.90 Å². The van der Waals surface area contributed by atoms with Crippen LogP contribution in [0.1, 0.15) is 5.56 Å². The van der Waals surface area contributed by atoms with Gasteiger partial charge in [-0.2, -0.15) is 0 Å². The molecule has 1 aromatic carbocycles. The van der Waals surface area contributed by atoms with Gasteiger partial charge in [0, 0.05) is 19.6 Å². The van der Waals surface area contributed by atoms with Crippen molar-refractivity contribution < 1.29 is 51.1 Å². The van der Waals surface area contributed by atoms with E-state index in [1.807, 2.05) is 30.3 Å². The molecule has 0 aliphatic heterocycles. The Labute approximate surface area is 180 Å². The lowest BCUT2D eigenvalue weighted by Crippen LogP contribution is -2.53. The van der Waals surface area contributed by atoms with Crippen molar-refractivity contribution in [2.45, 2.75) is 55.3 Å². The average molecular weight is 449 g/mol. The van der Waals surface area contributed by atoms with E-state index in [0.29, 0.717) is 6.42 Å². The van der Waals surface area contributed by atoms with Crippen molar-refractivity contribution in [3.8, 4) is 0 Å². The van der Waals surface area contributed by atoms with Crippen molar-refractivity contribution in [3.63, 3.8) is 0 Å². The summed E-state index contributed by atoms with van der Waals surface area (Å²) in [5.74, 6) is 0. The predicted molar refractivity (Wildman–Crippen MR) is 109 cm³/mol. The van der Waals surface area contributed by atoms with Crippen LogP contribution in [-0.2, 0) is 6.42 Å². The Balaban J connectivity index is 2.84. The van der Waals surface area contributed by atoms with Crippen molar-refractivity contribution in [2.75, 3.05) is 32.8 Å². The van der Waals surface area contributed by atoms with Crippen molar-refractivity contribution >= 4 is 0 Å². The zero-order valence-corrected chi connectivity index (χ0v) is 17.2. The van der Waals surface area contributed by atoms with Gasteiger partial charge in [0.25, 0.3) is 0 Å². The molecule has 0 saturated carbocycles. The summed E-state index contributed by atoms with van der Waals surface area (Å²) in [6, 6.07) is 9.21. The summed E-state index contributed by atoms with van der Waals surface area (Å²) in [5.41, 5.74) is 0.934. The maximum atomic E-state index is 10.3. The lowest BCUT2D eigenvalue weighted by Gasteiger charge is -2.33. The van der Waals surface area contributed by atoms with E-state index in [0.717, 1.165) is 5.56 Å². The van der Waals surface area contributed by atoms with Crippen LogP contribution >= 0.6 is 0 Å². The van der Waals surface area contributed by atoms with Crippen LogP contribution in [0.25, 0.3) is 0 Å². The van der Waals surface area contributed by atoms with Gasteiger partial charge in [0.1, 0.15) is 36.6 Å². The van der Waals surface area contributed by atoms with Crippen LogP contribution in [0, 0.1) is 0 Å². The Kier molecular flexibility index (Phi) is 12.6. The molecule has 8 atom stereocenters. The molecule has 0 saturated heterocycles. The normalized spacial score (nSPS) is 20.0. The third-order valence-electron chi connectivity index (χ3n) is 5.10. The van der Waals surface area contributed by atoms with E-state index in [4.69, 9.17) is 10.2 Å². The minimum Gasteiger partial charge on any atom is -0.394 e. The minimum atomic E-state index is -1.81. The van der Waals surface area contributed by atoms with Gasteiger partial charge >= 0.3 is 0 Å². The number of hydrogen-bond donors (Lipinski definition) is 10. The van der Waals surface area contributed by atoms with E-state index in [2.05, 4.69) is 0 Å². The number of rotatable bonds is 15. The second-order valence-electron chi connectivity index (χ2n) is 7.59. The molecule has 0 bridgehead atoms. The molecule has 0 aromatic heterocycles. The Morgan fingerprint density at radius 2 is 0.968 bits per heavy atom. The monoisotopic (exact) mass is 449 g/mol. The Hall–Kier alpha value is -1.22. The van der Waals surface area contributed by atoms with Crippen molar-refractivity contribution in [1.82, 2.24) is 4.90 Å². The van der Waals surface area contributed by atoms with Crippen LogP contribution in [-0.4, -0.2) is 138 Å². The van der Waals surface area contributed by atoms with Crippen molar-refractivity contribution in [1.29, 1.82) is 0 Å². The second kappa shape index (κ2) is 14.0. The summed E-state index contributed by atoms with van der Waals surface area (Å²) in [4.78, 5) is 1.46. The van der Waals surface area contributed by atoms with E-state index >= 15 is 0 Å². The number of aliphatic hydroxyl groups is 10. The van der Waals surface area contributed by atoms with Crippen LogP contribution in [0.2, 0.25) is 0 Å². The largest absolute Gasteiger partial charge is 0.394 e. The summed E-state index contributed by atoms with van der Waals surface area (Å²) in [7, 11) is 0. The van der Waals surface area contributed by atoms with Crippen molar-refractivity contribution in [3.05, 3.63) is 35.9 Å². The van der Waals surface area contributed by atoms with E-state index in [-0.39, 0.29) is 19.6 Å². The van der Waals surface area contributed by atoms with Gasteiger partial charge in [-0.3, -0.25) is 4.90 Å². The first-order valence-corrected chi connectivity index (χ1v) is 10.0. The summed E-state index contributed by atoms with van der Waals surface area (Å²) < 4.78 is 0. The second-order valence-corrected chi connectivity index (χ2v) is 7.59.